The van der Waals surface area contributed by atoms with Crippen molar-refractivity contribution in [3.63, 3.8) is 0 Å². The number of hydrogen-bond acceptors (Lipinski definition) is 6. The van der Waals surface area contributed by atoms with Crippen molar-refractivity contribution >= 4 is 44.1 Å². The van der Waals surface area contributed by atoms with E-state index in [9.17, 15) is 14.7 Å². The molecule has 1 aliphatic rings. The summed E-state index contributed by atoms with van der Waals surface area (Å²) in [6.45, 7) is 4.39. The third-order valence-electron chi connectivity index (χ3n) is 5.75. The van der Waals surface area contributed by atoms with Crippen molar-refractivity contribution in [1.29, 1.82) is 0 Å². The van der Waals surface area contributed by atoms with E-state index < -0.39 is 17.7 Å². The van der Waals surface area contributed by atoms with Crippen molar-refractivity contribution in [2.75, 3.05) is 11.5 Å². The van der Waals surface area contributed by atoms with Crippen LogP contribution in [0.2, 0.25) is 0 Å². The third kappa shape index (κ3) is 3.74. The summed E-state index contributed by atoms with van der Waals surface area (Å²) >= 11 is 1.31. The van der Waals surface area contributed by atoms with Crippen molar-refractivity contribution in [2.24, 2.45) is 0 Å². The van der Waals surface area contributed by atoms with Crippen LogP contribution in [0, 0.1) is 6.92 Å². The smallest absolute Gasteiger partial charge is 0.301 e. The average Bonchev–Trinajstić information content (AvgIpc) is 3.38. The number of aliphatic hydroxyl groups is 1. The Hall–Kier alpha value is -3.97. The molecular formula is C27H22N2O4S. The van der Waals surface area contributed by atoms with Crippen LogP contribution in [0.3, 0.4) is 0 Å². The van der Waals surface area contributed by atoms with Gasteiger partial charge in [0.15, 0.2) is 5.13 Å². The van der Waals surface area contributed by atoms with Crippen LogP contribution in [0.15, 0.2) is 78.4 Å². The number of benzene rings is 3. The number of aliphatic hydroxyl groups excluding tert-OH is 1. The fourth-order valence-electron chi connectivity index (χ4n) is 4.10. The molecule has 1 N–H and O–H groups in total. The second-order valence-electron chi connectivity index (χ2n) is 8.00. The van der Waals surface area contributed by atoms with E-state index in [1.807, 2.05) is 74.5 Å². The number of aryl methyl sites for hydroxylation is 1. The summed E-state index contributed by atoms with van der Waals surface area (Å²) in [5.74, 6) is -0.937. The van der Waals surface area contributed by atoms with Crippen LogP contribution >= 0.6 is 11.3 Å². The van der Waals surface area contributed by atoms with Gasteiger partial charge in [-0.15, -0.1) is 0 Å². The van der Waals surface area contributed by atoms with E-state index in [4.69, 9.17) is 4.74 Å². The molecule has 0 radical (unpaired) electrons. The Bertz CT molecular complexity index is 1420. The molecule has 2 heterocycles. The SMILES string of the molecule is CCOc1ccc2nc(N3C(=O)C(=O)/C(=C(/O)c4ccc(C)cc4)C3c3ccccc3)sc2c1. The van der Waals surface area contributed by atoms with Gasteiger partial charge in [0, 0.05) is 5.56 Å². The van der Waals surface area contributed by atoms with Crippen LogP contribution < -0.4 is 9.64 Å². The number of carbonyl (C=O) groups excluding carboxylic acids is 2. The molecule has 3 aromatic carbocycles. The minimum atomic E-state index is -0.797. The number of fused-ring (bicyclic) bond motifs is 1. The Morgan fingerprint density at radius 3 is 2.50 bits per heavy atom. The minimum Gasteiger partial charge on any atom is -0.507 e. The molecule has 1 amide bonds. The summed E-state index contributed by atoms with van der Waals surface area (Å²) in [5, 5.41) is 11.6. The molecule has 34 heavy (non-hydrogen) atoms. The van der Waals surface area contributed by atoms with Gasteiger partial charge in [-0.2, -0.15) is 0 Å². The number of Topliss-reactive ketones (excluding diaryl/α,β-unsaturated/α-hetero) is 1. The normalized spacial score (nSPS) is 17.5. The highest BCUT2D eigenvalue weighted by atomic mass is 32.1. The number of anilines is 1. The van der Waals surface area contributed by atoms with Crippen LogP contribution in [0.25, 0.3) is 16.0 Å². The Labute approximate surface area is 200 Å². The highest BCUT2D eigenvalue weighted by Gasteiger charge is 2.48. The maximum atomic E-state index is 13.3. The number of nitrogens with zero attached hydrogens (tertiary/aromatic N) is 2. The van der Waals surface area contributed by atoms with Crippen molar-refractivity contribution in [3.05, 3.63) is 95.1 Å². The summed E-state index contributed by atoms with van der Waals surface area (Å²) in [4.78, 5) is 32.6. The van der Waals surface area contributed by atoms with E-state index >= 15 is 0 Å². The molecule has 6 nitrogen and oxygen atoms in total. The molecule has 4 aromatic rings. The first kappa shape index (κ1) is 21.9. The van der Waals surface area contributed by atoms with Gasteiger partial charge >= 0.3 is 5.91 Å². The van der Waals surface area contributed by atoms with Crippen LogP contribution in [0.5, 0.6) is 5.75 Å². The maximum absolute atomic E-state index is 13.3. The molecule has 1 saturated heterocycles. The lowest BCUT2D eigenvalue weighted by Crippen LogP contribution is -2.29. The molecule has 0 aliphatic carbocycles. The first-order valence-electron chi connectivity index (χ1n) is 10.9. The van der Waals surface area contributed by atoms with Gasteiger partial charge in [0.05, 0.1) is 28.4 Å². The Kier molecular flexibility index (Phi) is 5.63. The number of hydrogen-bond donors (Lipinski definition) is 1. The molecule has 1 atom stereocenters. The van der Waals surface area contributed by atoms with Crippen LogP contribution in [-0.2, 0) is 9.59 Å². The lowest BCUT2D eigenvalue weighted by Gasteiger charge is -2.22. The number of carbonyl (C=O) groups is 2. The summed E-state index contributed by atoms with van der Waals surface area (Å²) < 4.78 is 6.43. The number of rotatable bonds is 5. The second kappa shape index (κ2) is 8.76. The second-order valence-corrected chi connectivity index (χ2v) is 9.01. The van der Waals surface area contributed by atoms with Gasteiger partial charge in [-0.1, -0.05) is 71.5 Å². The number of ketones is 1. The molecule has 7 heteroatoms. The van der Waals surface area contributed by atoms with Crippen molar-refractivity contribution < 1.29 is 19.4 Å². The molecular weight excluding hydrogens is 448 g/mol. The summed E-state index contributed by atoms with van der Waals surface area (Å²) in [7, 11) is 0. The predicted molar refractivity (Wildman–Crippen MR) is 133 cm³/mol. The fraction of sp³-hybridized carbons (Fsp3) is 0.148. The first-order valence-corrected chi connectivity index (χ1v) is 11.8. The largest absolute Gasteiger partial charge is 0.507 e. The molecule has 1 aromatic heterocycles. The Balaban J connectivity index is 1.68. The van der Waals surface area contributed by atoms with E-state index in [-0.39, 0.29) is 11.3 Å². The molecule has 170 valence electrons. The Morgan fingerprint density at radius 2 is 1.79 bits per heavy atom. The van der Waals surface area contributed by atoms with E-state index in [0.717, 1.165) is 10.3 Å². The van der Waals surface area contributed by atoms with E-state index in [1.165, 1.54) is 16.2 Å². The monoisotopic (exact) mass is 470 g/mol. The molecule has 0 bridgehead atoms. The van der Waals surface area contributed by atoms with Gasteiger partial charge in [0.25, 0.3) is 5.78 Å². The van der Waals surface area contributed by atoms with Crippen LogP contribution in [0.1, 0.15) is 29.7 Å². The maximum Gasteiger partial charge on any atom is 0.301 e. The first-order chi connectivity index (χ1) is 16.5. The van der Waals surface area contributed by atoms with Gasteiger partial charge in [-0.05, 0) is 37.6 Å². The zero-order chi connectivity index (χ0) is 23.8. The molecule has 5 rings (SSSR count). The molecule has 1 unspecified atom stereocenters. The fourth-order valence-corrected chi connectivity index (χ4v) is 5.12. The summed E-state index contributed by atoms with van der Waals surface area (Å²) in [6, 6.07) is 21.2. The topological polar surface area (TPSA) is 79.7 Å². The summed E-state index contributed by atoms with van der Waals surface area (Å²) in [6.07, 6.45) is 0. The lowest BCUT2D eigenvalue weighted by molar-refractivity contribution is -0.132. The van der Waals surface area contributed by atoms with Gasteiger partial charge in [0.2, 0.25) is 0 Å². The zero-order valence-electron chi connectivity index (χ0n) is 18.7. The molecule has 1 aliphatic heterocycles. The van der Waals surface area contributed by atoms with Crippen molar-refractivity contribution in [1.82, 2.24) is 4.98 Å². The Morgan fingerprint density at radius 1 is 1.06 bits per heavy atom. The zero-order valence-corrected chi connectivity index (χ0v) is 19.5. The van der Waals surface area contributed by atoms with Crippen LogP contribution in [-0.4, -0.2) is 28.4 Å². The average molecular weight is 471 g/mol. The third-order valence-corrected chi connectivity index (χ3v) is 6.77. The quantitative estimate of drug-likeness (QED) is 0.232. The molecule has 0 spiro atoms. The van der Waals surface area contributed by atoms with Crippen molar-refractivity contribution in [3.8, 4) is 5.75 Å². The number of aromatic nitrogens is 1. The van der Waals surface area contributed by atoms with Gasteiger partial charge in [-0.25, -0.2) is 4.98 Å². The number of ether oxygens (including phenoxy) is 1. The highest BCUT2D eigenvalue weighted by molar-refractivity contribution is 7.22. The van der Waals surface area contributed by atoms with Gasteiger partial charge < -0.3 is 9.84 Å². The van der Waals surface area contributed by atoms with Gasteiger partial charge in [0.1, 0.15) is 11.5 Å². The van der Waals surface area contributed by atoms with E-state index in [2.05, 4.69) is 4.98 Å². The molecule has 0 saturated carbocycles. The predicted octanol–water partition coefficient (Wildman–Crippen LogP) is 5.63. The summed E-state index contributed by atoms with van der Waals surface area (Å²) in [5.41, 5.74) is 2.97. The van der Waals surface area contributed by atoms with E-state index in [0.29, 0.717) is 34.1 Å². The highest BCUT2D eigenvalue weighted by Crippen LogP contribution is 2.44. The minimum absolute atomic E-state index is 0.0503. The van der Waals surface area contributed by atoms with Gasteiger partial charge in [-0.3, -0.25) is 14.5 Å². The van der Waals surface area contributed by atoms with E-state index in [1.54, 1.807) is 12.1 Å². The van der Waals surface area contributed by atoms with Crippen LogP contribution in [0.4, 0.5) is 5.13 Å². The molecule has 1 fully saturated rings. The number of thiazole rings is 1. The van der Waals surface area contributed by atoms with Crippen molar-refractivity contribution in [2.45, 2.75) is 19.9 Å². The standard InChI is InChI=1S/C27H22N2O4S/c1-3-33-19-13-14-20-21(15-19)34-27(28-20)29-23(17-7-5-4-6-8-17)22(25(31)26(29)32)24(30)18-11-9-16(2)10-12-18/h4-15,23,30H,3H2,1-2H3/b24-22+. The lowest BCUT2D eigenvalue weighted by atomic mass is 9.95. The number of amides is 1.